The molecule has 4 nitrogen and oxygen atoms in total. The molecule has 24 heavy (non-hydrogen) atoms. The van der Waals surface area contributed by atoms with Gasteiger partial charge in [-0.1, -0.05) is 17.7 Å². The maximum Gasteiger partial charge on any atom is 0.239 e. The van der Waals surface area contributed by atoms with Crippen molar-refractivity contribution in [2.24, 2.45) is 0 Å². The molecule has 0 heterocycles. The summed E-state index contributed by atoms with van der Waals surface area (Å²) >= 11 is 5.92. The summed E-state index contributed by atoms with van der Waals surface area (Å²) in [7, 11) is 1.51. The molecule has 0 fully saturated rings. The summed E-state index contributed by atoms with van der Waals surface area (Å²) in [5.74, 6) is -1.17. The minimum atomic E-state index is -0.702. The van der Waals surface area contributed by atoms with E-state index in [1.54, 1.807) is 25.1 Å². The van der Waals surface area contributed by atoms with E-state index in [-0.39, 0.29) is 18.0 Å². The second-order valence-corrected chi connectivity index (χ2v) is 5.59. The van der Waals surface area contributed by atoms with Gasteiger partial charge in [-0.05, 0) is 31.2 Å². The summed E-state index contributed by atoms with van der Waals surface area (Å²) in [6, 6.07) is 7.63. The van der Waals surface area contributed by atoms with Crippen molar-refractivity contribution in [3.8, 4) is 5.75 Å². The first-order chi connectivity index (χ1) is 11.4. The number of benzene rings is 2. The van der Waals surface area contributed by atoms with Crippen LogP contribution in [0.25, 0.3) is 0 Å². The van der Waals surface area contributed by atoms with Crippen molar-refractivity contribution in [1.82, 2.24) is 5.32 Å². The van der Waals surface area contributed by atoms with Crippen molar-refractivity contribution in [3.63, 3.8) is 0 Å². The number of hydrogen-bond acceptors (Lipinski definition) is 3. The first-order valence-electron chi connectivity index (χ1n) is 7.22. The Hall–Kier alpha value is -2.34. The van der Waals surface area contributed by atoms with Crippen molar-refractivity contribution in [2.45, 2.75) is 13.0 Å². The Morgan fingerprint density at radius 3 is 2.67 bits per heavy atom. The van der Waals surface area contributed by atoms with Gasteiger partial charge < -0.3 is 15.4 Å². The highest BCUT2D eigenvalue weighted by Gasteiger charge is 2.14. The van der Waals surface area contributed by atoms with E-state index in [1.165, 1.54) is 13.2 Å². The van der Waals surface area contributed by atoms with Crippen LogP contribution < -0.4 is 15.4 Å². The summed E-state index contributed by atoms with van der Waals surface area (Å²) in [6.45, 7) is 1.57. The highest BCUT2D eigenvalue weighted by molar-refractivity contribution is 6.30. The van der Waals surface area contributed by atoms with Gasteiger partial charge >= 0.3 is 0 Å². The molecule has 1 atom stereocenters. The number of carbonyl (C=O) groups excluding carboxylic acids is 1. The number of carbonyl (C=O) groups is 1. The van der Waals surface area contributed by atoms with E-state index < -0.39 is 17.7 Å². The topological polar surface area (TPSA) is 50.4 Å². The van der Waals surface area contributed by atoms with Crippen LogP contribution in [0.15, 0.2) is 36.4 Å². The maximum absolute atomic E-state index is 13.7. The van der Waals surface area contributed by atoms with Gasteiger partial charge in [0, 0.05) is 16.7 Å². The van der Waals surface area contributed by atoms with Gasteiger partial charge in [-0.3, -0.25) is 4.79 Å². The Balaban J connectivity index is 1.97. The molecule has 2 rings (SSSR count). The number of halogens is 3. The molecule has 0 aliphatic carbocycles. The normalized spacial score (nSPS) is 11.7. The van der Waals surface area contributed by atoms with E-state index in [9.17, 15) is 13.6 Å². The van der Waals surface area contributed by atoms with E-state index in [1.807, 2.05) is 0 Å². The zero-order valence-corrected chi connectivity index (χ0v) is 14.0. The Morgan fingerprint density at radius 2 is 2.00 bits per heavy atom. The third kappa shape index (κ3) is 4.58. The number of ether oxygens (including phenoxy) is 1. The molecule has 0 saturated carbocycles. The van der Waals surface area contributed by atoms with Crippen LogP contribution in [0.4, 0.5) is 14.5 Å². The van der Waals surface area contributed by atoms with Gasteiger partial charge in [0.1, 0.15) is 17.4 Å². The smallest absolute Gasteiger partial charge is 0.239 e. The van der Waals surface area contributed by atoms with E-state index in [0.717, 1.165) is 12.1 Å². The standard InChI is InChI=1S/C17H17ClF2N2O2/c1-10(13-5-4-12(19)8-14(13)20)22-17(23)9-21-15-7-11(18)3-6-16(15)24-2/h3-8,10,21H,9H2,1-2H3,(H,22,23)/t10-/m0/s1. The average molecular weight is 355 g/mol. The van der Waals surface area contributed by atoms with Crippen LogP contribution >= 0.6 is 11.6 Å². The Morgan fingerprint density at radius 1 is 1.25 bits per heavy atom. The van der Waals surface area contributed by atoms with Gasteiger partial charge in [0.15, 0.2) is 0 Å². The molecule has 2 aromatic rings. The second-order valence-electron chi connectivity index (χ2n) is 5.15. The van der Waals surface area contributed by atoms with Gasteiger partial charge in [0.25, 0.3) is 0 Å². The van der Waals surface area contributed by atoms with Gasteiger partial charge in [-0.15, -0.1) is 0 Å². The number of amides is 1. The monoisotopic (exact) mass is 354 g/mol. The van der Waals surface area contributed by atoms with Crippen LogP contribution in [0.5, 0.6) is 5.75 Å². The Labute approximate surface area is 143 Å². The van der Waals surface area contributed by atoms with Crippen LogP contribution in [-0.4, -0.2) is 19.6 Å². The van der Waals surface area contributed by atoms with E-state index >= 15 is 0 Å². The molecule has 0 radical (unpaired) electrons. The predicted octanol–water partition coefficient (Wildman–Crippen LogP) is 3.92. The molecule has 0 spiro atoms. The third-order valence-corrected chi connectivity index (χ3v) is 3.64. The summed E-state index contributed by atoms with van der Waals surface area (Å²) in [6.07, 6.45) is 0. The van der Waals surface area contributed by atoms with Gasteiger partial charge in [0.05, 0.1) is 25.4 Å². The molecule has 0 bridgehead atoms. The number of methoxy groups -OCH3 is 1. The van der Waals surface area contributed by atoms with Crippen molar-refractivity contribution in [3.05, 3.63) is 58.6 Å². The largest absolute Gasteiger partial charge is 0.495 e. The fourth-order valence-electron chi connectivity index (χ4n) is 2.22. The zero-order valence-electron chi connectivity index (χ0n) is 13.2. The molecule has 0 unspecified atom stereocenters. The van der Waals surface area contributed by atoms with Crippen molar-refractivity contribution >= 4 is 23.2 Å². The van der Waals surface area contributed by atoms with E-state index in [4.69, 9.17) is 16.3 Å². The lowest BCUT2D eigenvalue weighted by molar-refractivity contribution is -0.120. The highest BCUT2D eigenvalue weighted by Crippen LogP contribution is 2.27. The number of rotatable bonds is 6. The lowest BCUT2D eigenvalue weighted by Gasteiger charge is -2.16. The second kappa shape index (κ2) is 7.97. The Kier molecular flexibility index (Phi) is 5.98. The minimum absolute atomic E-state index is 0.0517. The third-order valence-electron chi connectivity index (χ3n) is 3.41. The predicted molar refractivity (Wildman–Crippen MR) is 89.4 cm³/mol. The molecule has 128 valence electrons. The summed E-state index contributed by atoms with van der Waals surface area (Å²) in [4.78, 5) is 12.0. The molecular formula is C17H17ClF2N2O2. The van der Waals surface area contributed by atoms with Crippen LogP contribution in [0.1, 0.15) is 18.5 Å². The van der Waals surface area contributed by atoms with E-state index in [0.29, 0.717) is 16.5 Å². The summed E-state index contributed by atoms with van der Waals surface area (Å²) in [5.41, 5.74) is 0.783. The lowest BCUT2D eigenvalue weighted by Crippen LogP contribution is -2.32. The van der Waals surface area contributed by atoms with Gasteiger partial charge in [-0.25, -0.2) is 8.78 Å². The quantitative estimate of drug-likeness (QED) is 0.826. The molecule has 0 aliphatic heterocycles. The fraction of sp³-hybridized carbons (Fsp3) is 0.235. The Bertz CT molecular complexity index is 741. The first kappa shape index (κ1) is 18.0. The van der Waals surface area contributed by atoms with Crippen molar-refractivity contribution in [1.29, 1.82) is 0 Å². The van der Waals surface area contributed by atoms with E-state index in [2.05, 4.69) is 10.6 Å². The summed E-state index contributed by atoms with van der Waals surface area (Å²) in [5, 5.41) is 6.05. The van der Waals surface area contributed by atoms with Crippen LogP contribution in [0.3, 0.4) is 0 Å². The van der Waals surface area contributed by atoms with Crippen molar-refractivity contribution in [2.75, 3.05) is 19.0 Å². The number of anilines is 1. The van der Waals surface area contributed by atoms with Gasteiger partial charge in [-0.2, -0.15) is 0 Å². The molecule has 7 heteroatoms. The molecule has 1 amide bonds. The van der Waals surface area contributed by atoms with Crippen LogP contribution in [0, 0.1) is 11.6 Å². The summed E-state index contributed by atoms with van der Waals surface area (Å²) < 4.78 is 31.8. The molecule has 0 aromatic heterocycles. The maximum atomic E-state index is 13.7. The molecule has 2 N–H and O–H groups in total. The number of hydrogen-bond donors (Lipinski definition) is 2. The molecule has 2 aromatic carbocycles. The SMILES string of the molecule is COc1ccc(Cl)cc1NCC(=O)N[C@@H](C)c1ccc(F)cc1F. The van der Waals surface area contributed by atoms with Gasteiger partial charge in [0.2, 0.25) is 5.91 Å². The highest BCUT2D eigenvalue weighted by atomic mass is 35.5. The first-order valence-corrected chi connectivity index (χ1v) is 7.60. The van der Waals surface area contributed by atoms with Crippen LogP contribution in [-0.2, 0) is 4.79 Å². The minimum Gasteiger partial charge on any atom is -0.495 e. The lowest BCUT2D eigenvalue weighted by atomic mass is 10.1. The zero-order chi connectivity index (χ0) is 17.7. The van der Waals surface area contributed by atoms with Crippen molar-refractivity contribution < 1.29 is 18.3 Å². The average Bonchev–Trinajstić information content (AvgIpc) is 2.52. The van der Waals surface area contributed by atoms with Crippen LogP contribution in [0.2, 0.25) is 5.02 Å². The molecular weight excluding hydrogens is 338 g/mol. The number of nitrogens with one attached hydrogen (secondary N) is 2. The molecule has 0 saturated heterocycles. The molecule has 0 aliphatic rings. The fourth-order valence-corrected chi connectivity index (χ4v) is 2.39.